The van der Waals surface area contributed by atoms with Crippen molar-refractivity contribution in [2.45, 2.75) is 12.8 Å². The molecule has 0 saturated carbocycles. The number of fused-ring (bicyclic) bond motifs is 1. The maximum absolute atomic E-state index is 11.5. The van der Waals surface area contributed by atoms with Crippen LogP contribution in [0.3, 0.4) is 0 Å². The smallest absolute Gasteiger partial charge is 0.379 e. The Hall–Kier alpha value is -2.37. The van der Waals surface area contributed by atoms with Crippen LogP contribution in [-0.2, 0) is 4.74 Å². The van der Waals surface area contributed by atoms with E-state index >= 15 is 0 Å². The number of hydrogen-bond donors (Lipinski definition) is 1. The molecule has 0 aliphatic carbocycles. The molecule has 3 rings (SSSR count). The van der Waals surface area contributed by atoms with Gasteiger partial charge in [0.25, 0.3) is 5.82 Å². The highest BCUT2D eigenvalue weighted by atomic mass is 16.5. The number of ether oxygens (including phenoxy) is 1. The van der Waals surface area contributed by atoms with Gasteiger partial charge in [-0.2, -0.15) is 4.98 Å². The largest absolute Gasteiger partial charge is 0.460 e. The van der Waals surface area contributed by atoms with Gasteiger partial charge < -0.3 is 14.6 Å². The minimum Gasteiger partial charge on any atom is -0.460 e. The maximum Gasteiger partial charge on any atom is 0.379 e. The van der Waals surface area contributed by atoms with Crippen LogP contribution in [0.1, 0.15) is 34.9 Å². The predicted octanol–water partition coefficient (Wildman–Crippen LogP) is 1.80. The highest BCUT2D eigenvalue weighted by Crippen LogP contribution is 2.34. The van der Waals surface area contributed by atoms with E-state index in [0.29, 0.717) is 12.4 Å². The molecule has 1 aromatic carbocycles. The second-order valence-electron chi connectivity index (χ2n) is 4.20. The fourth-order valence-corrected chi connectivity index (χ4v) is 2.16. The van der Waals surface area contributed by atoms with Gasteiger partial charge in [-0.05, 0) is 23.7 Å². The van der Waals surface area contributed by atoms with E-state index in [-0.39, 0.29) is 18.3 Å². The van der Waals surface area contributed by atoms with Crippen LogP contribution in [0.5, 0.6) is 0 Å². The standard InChI is InChI=1S/C13H13N3O3/c1-2-18-13(17)11-15-12(19-16-11)9-7-14-10-6-4-3-5-8(9)10/h3-6,9,14H,2,7H2,1H3. The first-order valence-corrected chi connectivity index (χ1v) is 6.13. The van der Waals surface area contributed by atoms with E-state index in [1.165, 1.54) is 0 Å². The van der Waals surface area contributed by atoms with Gasteiger partial charge in [0.05, 0.1) is 12.5 Å². The van der Waals surface area contributed by atoms with Crippen LogP contribution in [0.2, 0.25) is 0 Å². The Labute approximate surface area is 109 Å². The Kier molecular flexibility index (Phi) is 2.91. The van der Waals surface area contributed by atoms with Crippen LogP contribution < -0.4 is 5.32 Å². The van der Waals surface area contributed by atoms with Gasteiger partial charge in [-0.3, -0.25) is 0 Å². The lowest BCUT2D eigenvalue weighted by Crippen LogP contribution is -2.08. The van der Waals surface area contributed by atoms with E-state index in [2.05, 4.69) is 15.5 Å². The van der Waals surface area contributed by atoms with E-state index in [4.69, 9.17) is 9.26 Å². The number of hydrogen-bond acceptors (Lipinski definition) is 6. The molecule has 6 heteroatoms. The third kappa shape index (κ3) is 2.05. The monoisotopic (exact) mass is 259 g/mol. The van der Waals surface area contributed by atoms with E-state index in [1.807, 2.05) is 24.3 Å². The summed E-state index contributed by atoms with van der Waals surface area (Å²) in [5.74, 6) is -0.176. The number of nitrogens with one attached hydrogen (secondary N) is 1. The molecule has 1 atom stereocenters. The Morgan fingerprint density at radius 2 is 2.37 bits per heavy atom. The van der Waals surface area contributed by atoms with Crippen LogP contribution >= 0.6 is 0 Å². The summed E-state index contributed by atoms with van der Waals surface area (Å²) in [5, 5.41) is 6.93. The molecule has 0 radical (unpaired) electrons. The normalized spacial score (nSPS) is 16.8. The molecule has 6 nitrogen and oxygen atoms in total. The summed E-state index contributed by atoms with van der Waals surface area (Å²) in [6.07, 6.45) is 0. The van der Waals surface area contributed by atoms with Gasteiger partial charge in [0.15, 0.2) is 0 Å². The van der Waals surface area contributed by atoms with Gasteiger partial charge >= 0.3 is 5.97 Å². The third-order valence-electron chi connectivity index (χ3n) is 3.03. The summed E-state index contributed by atoms with van der Waals surface area (Å²) in [5.41, 5.74) is 2.16. The van der Waals surface area contributed by atoms with Crippen molar-refractivity contribution in [3.63, 3.8) is 0 Å². The number of para-hydroxylation sites is 1. The second-order valence-corrected chi connectivity index (χ2v) is 4.20. The van der Waals surface area contributed by atoms with Gasteiger partial charge in [-0.15, -0.1) is 0 Å². The number of benzene rings is 1. The van der Waals surface area contributed by atoms with Crippen LogP contribution in [0.15, 0.2) is 28.8 Å². The molecule has 0 amide bonds. The number of esters is 1. The van der Waals surface area contributed by atoms with Crippen molar-refractivity contribution >= 4 is 11.7 Å². The van der Waals surface area contributed by atoms with Crippen molar-refractivity contribution in [1.82, 2.24) is 10.1 Å². The van der Waals surface area contributed by atoms with Gasteiger partial charge in [0, 0.05) is 12.2 Å². The summed E-state index contributed by atoms with van der Waals surface area (Å²) in [4.78, 5) is 15.6. The first kappa shape index (κ1) is 11.7. The number of anilines is 1. The molecule has 1 aliphatic heterocycles. The molecule has 0 bridgehead atoms. The van der Waals surface area contributed by atoms with Crippen LogP contribution in [0, 0.1) is 0 Å². The average Bonchev–Trinajstić information content (AvgIpc) is 3.05. The van der Waals surface area contributed by atoms with Gasteiger partial charge in [-0.25, -0.2) is 4.79 Å². The third-order valence-corrected chi connectivity index (χ3v) is 3.03. The molecule has 19 heavy (non-hydrogen) atoms. The molecular weight excluding hydrogens is 246 g/mol. The predicted molar refractivity (Wildman–Crippen MR) is 67.0 cm³/mol. The van der Waals surface area contributed by atoms with Crippen molar-refractivity contribution in [3.8, 4) is 0 Å². The number of carbonyl (C=O) groups is 1. The zero-order valence-electron chi connectivity index (χ0n) is 10.4. The molecule has 0 spiro atoms. The highest BCUT2D eigenvalue weighted by molar-refractivity contribution is 5.84. The lowest BCUT2D eigenvalue weighted by atomic mass is 10.0. The summed E-state index contributed by atoms with van der Waals surface area (Å²) >= 11 is 0. The minimum atomic E-state index is -0.559. The summed E-state index contributed by atoms with van der Waals surface area (Å²) in [6, 6.07) is 7.93. The second kappa shape index (κ2) is 4.72. The van der Waals surface area contributed by atoms with Crippen LogP contribution in [0.25, 0.3) is 0 Å². The summed E-state index contributed by atoms with van der Waals surface area (Å²) < 4.78 is 10.0. The minimum absolute atomic E-state index is 0.0214. The zero-order chi connectivity index (χ0) is 13.2. The molecule has 2 aromatic rings. The molecule has 0 saturated heterocycles. The van der Waals surface area contributed by atoms with Crippen LogP contribution in [0.4, 0.5) is 5.69 Å². The first-order chi connectivity index (χ1) is 9.29. The molecule has 1 aromatic heterocycles. The Bertz CT molecular complexity index is 609. The quantitative estimate of drug-likeness (QED) is 0.847. The van der Waals surface area contributed by atoms with Gasteiger partial charge in [0.1, 0.15) is 0 Å². The van der Waals surface area contributed by atoms with Gasteiger partial charge in [-0.1, -0.05) is 18.2 Å². The fourth-order valence-electron chi connectivity index (χ4n) is 2.16. The average molecular weight is 259 g/mol. The number of rotatable bonds is 3. The molecule has 2 heterocycles. The van der Waals surface area contributed by atoms with Crippen molar-refractivity contribution in [1.29, 1.82) is 0 Å². The Balaban J connectivity index is 1.87. The van der Waals surface area contributed by atoms with E-state index < -0.39 is 5.97 Å². The molecule has 0 fully saturated rings. The zero-order valence-corrected chi connectivity index (χ0v) is 10.4. The SMILES string of the molecule is CCOC(=O)c1noc(C2CNc3ccccc32)n1. The molecule has 1 aliphatic rings. The number of nitrogens with zero attached hydrogens (tertiary/aromatic N) is 2. The molecule has 98 valence electrons. The number of aromatic nitrogens is 2. The maximum atomic E-state index is 11.5. The van der Waals surface area contributed by atoms with Crippen molar-refractivity contribution in [3.05, 3.63) is 41.5 Å². The highest BCUT2D eigenvalue weighted by Gasteiger charge is 2.29. The topological polar surface area (TPSA) is 77.2 Å². The lowest BCUT2D eigenvalue weighted by Gasteiger charge is -2.02. The molecule has 1 N–H and O–H groups in total. The van der Waals surface area contributed by atoms with Crippen molar-refractivity contribution in [2.75, 3.05) is 18.5 Å². The van der Waals surface area contributed by atoms with Gasteiger partial charge in [0.2, 0.25) is 5.89 Å². The van der Waals surface area contributed by atoms with E-state index in [1.54, 1.807) is 6.92 Å². The lowest BCUT2D eigenvalue weighted by molar-refractivity contribution is 0.0508. The Morgan fingerprint density at radius 1 is 1.53 bits per heavy atom. The molecule has 1 unspecified atom stereocenters. The van der Waals surface area contributed by atoms with E-state index in [9.17, 15) is 4.79 Å². The Morgan fingerprint density at radius 3 is 3.21 bits per heavy atom. The number of carbonyl (C=O) groups excluding carboxylic acids is 1. The van der Waals surface area contributed by atoms with E-state index in [0.717, 1.165) is 11.3 Å². The van der Waals surface area contributed by atoms with Crippen molar-refractivity contribution < 1.29 is 14.1 Å². The van der Waals surface area contributed by atoms with Crippen molar-refractivity contribution in [2.24, 2.45) is 0 Å². The molecular formula is C13H13N3O3. The first-order valence-electron chi connectivity index (χ1n) is 6.13. The fraction of sp³-hybridized carbons (Fsp3) is 0.308. The van der Waals surface area contributed by atoms with Crippen LogP contribution in [-0.4, -0.2) is 29.3 Å². The summed E-state index contributed by atoms with van der Waals surface area (Å²) in [6.45, 7) is 2.70. The summed E-state index contributed by atoms with van der Waals surface area (Å²) in [7, 11) is 0.